The maximum Gasteiger partial charge on any atom is 0.522 e. The minimum Gasteiger partial charge on any atom is -0.292 e. The number of ether oxygens (including phenoxy) is 1. The van der Waals surface area contributed by atoms with Crippen molar-refractivity contribution < 1.29 is 17.9 Å². The number of rotatable bonds is 2. The molecule has 1 nitrogen and oxygen atoms in total. The monoisotopic (exact) mass is 153 g/mol. The molecule has 1 aliphatic rings. The van der Waals surface area contributed by atoms with Crippen LogP contribution in [0.5, 0.6) is 0 Å². The summed E-state index contributed by atoms with van der Waals surface area (Å²) in [6.07, 6.45) is -0.980. The Morgan fingerprint density at radius 3 is 2.30 bits per heavy atom. The van der Waals surface area contributed by atoms with Crippen LogP contribution < -0.4 is 0 Å². The maximum absolute atomic E-state index is 11.3. The summed E-state index contributed by atoms with van der Waals surface area (Å²) in [5.74, 6) is 0.0987. The van der Waals surface area contributed by atoms with Crippen molar-refractivity contribution in [2.24, 2.45) is 5.92 Å². The van der Waals surface area contributed by atoms with E-state index in [1.807, 2.05) is 6.42 Å². The van der Waals surface area contributed by atoms with E-state index in [-0.39, 0.29) is 12.5 Å². The van der Waals surface area contributed by atoms with E-state index in [0.717, 1.165) is 12.8 Å². The molecule has 0 N–H and O–H groups in total. The van der Waals surface area contributed by atoms with E-state index in [1.165, 1.54) is 0 Å². The predicted molar refractivity (Wildman–Crippen MR) is 29.0 cm³/mol. The summed E-state index contributed by atoms with van der Waals surface area (Å²) < 4.78 is 37.6. The van der Waals surface area contributed by atoms with Crippen molar-refractivity contribution in [3.8, 4) is 0 Å². The first-order valence-electron chi connectivity index (χ1n) is 3.10. The fraction of sp³-hybridized carbons (Fsp3) is 0.833. The smallest absolute Gasteiger partial charge is 0.292 e. The van der Waals surface area contributed by atoms with Gasteiger partial charge in [0.15, 0.2) is 0 Å². The molecule has 1 radical (unpaired) electrons. The molecule has 0 saturated heterocycles. The lowest BCUT2D eigenvalue weighted by Gasteiger charge is -2.24. The van der Waals surface area contributed by atoms with Gasteiger partial charge in [0, 0.05) is 0 Å². The molecule has 1 rings (SSSR count). The average molecular weight is 153 g/mol. The molecule has 0 aromatic heterocycles. The molecular weight excluding hydrogens is 145 g/mol. The van der Waals surface area contributed by atoms with E-state index in [9.17, 15) is 13.2 Å². The lowest BCUT2D eigenvalue weighted by Crippen LogP contribution is -2.24. The molecular formula is C6H8F3O. The predicted octanol–water partition coefficient (Wildman–Crippen LogP) is 2.14. The molecule has 4 heteroatoms. The van der Waals surface area contributed by atoms with E-state index in [2.05, 4.69) is 4.74 Å². The van der Waals surface area contributed by atoms with Crippen LogP contribution in [0.4, 0.5) is 13.2 Å². The van der Waals surface area contributed by atoms with E-state index < -0.39 is 6.36 Å². The highest BCUT2D eigenvalue weighted by molar-refractivity contribution is 4.84. The van der Waals surface area contributed by atoms with Crippen LogP contribution in [0.3, 0.4) is 0 Å². The highest BCUT2D eigenvalue weighted by atomic mass is 19.4. The number of alkyl halides is 3. The Morgan fingerprint density at radius 1 is 1.40 bits per heavy atom. The minimum absolute atomic E-state index is 0.0987. The fourth-order valence-corrected chi connectivity index (χ4v) is 0.751. The van der Waals surface area contributed by atoms with Gasteiger partial charge in [-0.1, -0.05) is 0 Å². The van der Waals surface area contributed by atoms with Gasteiger partial charge in [0.05, 0.1) is 6.61 Å². The Kier molecular flexibility index (Phi) is 2.18. The molecule has 0 unspecified atom stereocenters. The molecule has 59 valence electrons. The van der Waals surface area contributed by atoms with Gasteiger partial charge >= 0.3 is 6.36 Å². The van der Waals surface area contributed by atoms with Gasteiger partial charge in [0.1, 0.15) is 0 Å². The molecule has 0 bridgehead atoms. The normalized spacial score (nSPS) is 20.7. The third-order valence-corrected chi connectivity index (χ3v) is 1.48. The molecule has 0 amide bonds. The molecule has 0 spiro atoms. The van der Waals surface area contributed by atoms with Crippen LogP contribution >= 0.6 is 0 Å². The van der Waals surface area contributed by atoms with Crippen LogP contribution in [-0.2, 0) is 4.74 Å². The van der Waals surface area contributed by atoms with Crippen molar-refractivity contribution in [1.29, 1.82) is 0 Å². The van der Waals surface area contributed by atoms with E-state index in [4.69, 9.17) is 0 Å². The molecule has 0 atom stereocenters. The average Bonchev–Trinajstić information content (AvgIpc) is 1.56. The first-order valence-corrected chi connectivity index (χ1v) is 3.10. The second-order valence-electron chi connectivity index (χ2n) is 2.38. The summed E-state index contributed by atoms with van der Waals surface area (Å²) in [6, 6.07) is 0. The minimum atomic E-state index is -4.45. The molecule has 0 heterocycles. The quantitative estimate of drug-likeness (QED) is 0.590. The standard InChI is InChI=1S/C6H8F3O/c7-6(8,9)10-4-5-2-1-3-5/h1,5H,2-4H2. The van der Waals surface area contributed by atoms with Crippen LogP contribution in [-0.4, -0.2) is 13.0 Å². The Hall–Kier alpha value is -0.250. The topological polar surface area (TPSA) is 9.23 Å². The molecule has 0 aromatic carbocycles. The van der Waals surface area contributed by atoms with Gasteiger partial charge in [0.2, 0.25) is 0 Å². The Labute approximate surface area is 57.2 Å². The van der Waals surface area contributed by atoms with Crippen molar-refractivity contribution in [2.45, 2.75) is 19.2 Å². The lowest BCUT2D eigenvalue weighted by atomic mass is 9.86. The van der Waals surface area contributed by atoms with E-state index >= 15 is 0 Å². The van der Waals surface area contributed by atoms with Gasteiger partial charge in [-0.2, -0.15) is 0 Å². The number of hydrogen-bond donors (Lipinski definition) is 0. The second-order valence-corrected chi connectivity index (χ2v) is 2.38. The van der Waals surface area contributed by atoms with E-state index in [0.29, 0.717) is 0 Å². The first-order chi connectivity index (χ1) is 4.58. The largest absolute Gasteiger partial charge is 0.522 e. The zero-order valence-electron chi connectivity index (χ0n) is 5.32. The Bertz CT molecular complexity index is 106. The number of hydrogen-bond acceptors (Lipinski definition) is 1. The highest BCUT2D eigenvalue weighted by Crippen LogP contribution is 2.28. The molecule has 0 aliphatic heterocycles. The van der Waals surface area contributed by atoms with Crippen molar-refractivity contribution in [3.05, 3.63) is 6.42 Å². The Balaban J connectivity index is 2.04. The maximum atomic E-state index is 11.3. The molecule has 0 aromatic rings. The molecule has 10 heavy (non-hydrogen) atoms. The van der Waals surface area contributed by atoms with Crippen LogP contribution in [0.2, 0.25) is 0 Å². The van der Waals surface area contributed by atoms with Crippen LogP contribution in [0.15, 0.2) is 0 Å². The SMILES string of the molecule is FC(F)(F)OCC1C[CH]C1. The van der Waals surface area contributed by atoms with Crippen molar-refractivity contribution in [2.75, 3.05) is 6.61 Å². The van der Waals surface area contributed by atoms with E-state index in [1.54, 1.807) is 0 Å². The summed E-state index contributed by atoms with van der Waals surface area (Å²) in [6.45, 7) is -0.181. The third kappa shape index (κ3) is 2.56. The summed E-state index contributed by atoms with van der Waals surface area (Å²) in [7, 11) is 0. The van der Waals surface area contributed by atoms with Gasteiger partial charge in [0.25, 0.3) is 0 Å². The molecule has 1 aliphatic carbocycles. The summed E-state index contributed by atoms with van der Waals surface area (Å²) in [5.41, 5.74) is 0. The second kappa shape index (κ2) is 2.78. The van der Waals surface area contributed by atoms with Crippen molar-refractivity contribution in [3.63, 3.8) is 0 Å². The third-order valence-electron chi connectivity index (χ3n) is 1.48. The summed E-state index contributed by atoms with van der Waals surface area (Å²) in [4.78, 5) is 0. The van der Waals surface area contributed by atoms with Gasteiger partial charge in [-0.05, 0) is 25.2 Å². The fourth-order valence-electron chi connectivity index (χ4n) is 0.751. The van der Waals surface area contributed by atoms with Crippen LogP contribution in [0, 0.1) is 12.3 Å². The van der Waals surface area contributed by atoms with Gasteiger partial charge in [-0.25, -0.2) is 0 Å². The Morgan fingerprint density at radius 2 is 2.00 bits per heavy atom. The van der Waals surface area contributed by atoms with Crippen molar-refractivity contribution >= 4 is 0 Å². The van der Waals surface area contributed by atoms with Crippen molar-refractivity contribution in [1.82, 2.24) is 0 Å². The summed E-state index contributed by atoms with van der Waals surface area (Å²) >= 11 is 0. The van der Waals surface area contributed by atoms with Crippen LogP contribution in [0.25, 0.3) is 0 Å². The number of halogens is 3. The zero-order chi connectivity index (χ0) is 7.61. The zero-order valence-corrected chi connectivity index (χ0v) is 5.32. The highest BCUT2D eigenvalue weighted by Gasteiger charge is 2.31. The molecule has 1 fully saturated rings. The first kappa shape index (κ1) is 7.85. The summed E-state index contributed by atoms with van der Waals surface area (Å²) in [5, 5.41) is 0. The van der Waals surface area contributed by atoms with Gasteiger partial charge in [-0.3, -0.25) is 4.74 Å². The molecule has 1 saturated carbocycles. The van der Waals surface area contributed by atoms with Gasteiger partial charge in [-0.15, -0.1) is 13.2 Å². The van der Waals surface area contributed by atoms with Gasteiger partial charge < -0.3 is 0 Å². The lowest BCUT2D eigenvalue weighted by molar-refractivity contribution is -0.329. The van der Waals surface area contributed by atoms with Crippen LogP contribution in [0.1, 0.15) is 12.8 Å².